The maximum Gasteiger partial charge on any atom is 0.264 e. The van der Waals surface area contributed by atoms with Crippen molar-refractivity contribution in [2.24, 2.45) is 0 Å². The number of amides is 1. The molecule has 128 valence electrons. The zero-order valence-corrected chi connectivity index (χ0v) is 15.2. The number of rotatable bonds is 7. The highest BCUT2D eigenvalue weighted by Crippen LogP contribution is 2.17. The quantitative estimate of drug-likeness (QED) is 0.565. The highest BCUT2D eigenvalue weighted by Gasteiger charge is 2.17. The molecule has 3 rings (SSSR count). The van der Waals surface area contributed by atoms with Crippen molar-refractivity contribution in [3.8, 4) is 0 Å². The van der Waals surface area contributed by atoms with Gasteiger partial charge >= 0.3 is 0 Å². The molecule has 1 amide bonds. The molecule has 0 atom stereocenters. The number of hydrogen-bond donors (Lipinski definition) is 0. The van der Waals surface area contributed by atoms with E-state index in [1.54, 1.807) is 6.08 Å². The molecule has 0 aliphatic carbocycles. The van der Waals surface area contributed by atoms with E-state index in [0.29, 0.717) is 13.1 Å². The van der Waals surface area contributed by atoms with E-state index >= 15 is 0 Å². The second-order valence-corrected chi connectivity index (χ2v) is 6.95. The summed E-state index contributed by atoms with van der Waals surface area (Å²) >= 11 is 1.47. The Morgan fingerprint density at radius 2 is 2.04 bits per heavy atom. The van der Waals surface area contributed by atoms with Crippen molar-refractivity contribution < 1.29 is 4.79 Å². The van der Waals surface area contributed by atoms with Crippen LogP contribution < -0.4 is 0 Å². The first-order chi connectivity index (χ1) is 12.2. The van der Waals surface area contributed by atoms with Gasteiger partial charge in [0.25, 0.3) is 5.91 Å². The molecule has 0 spiro atoms. The summed E-state index contributed by atoms with van der Waals surface area (Å²) < 4.78 is 2.21. The normalized spacial score (nSPS) is 10.6. The predicted octanol–water partition coefficient (Wildman–Crippen LogP) is 4.73. The number of nitrogens with zero attached hydrogens (tertiary/aromatic N) is 2. The van der Waals surface area contributed by atoms with Gasteiger partial charge < -0.3 is 9.47 Å². The number of hydrogen-bond acceptors (Lipinski definition) is 2. The molecule has 0 radical (unpaired) electrons. The largest absolute Gasteiger partial charge is 0.345 e. The Morgan fingerprint density at radius 1 is 1.20 bits per heavy atom. The molecule has 0 aliphatic heterocycles. The van der Waals surface area contributed by atoms with Crippen molar-refractivity contribution in [2.75, 3.05) is 6.54 Å². The number of aromatic nitrogens is 1. The average Bonchev–Trinajstić information content (AvgIpc) is 3.28. The third-order valence-electron chi connectivity index (χ3n) is 4.25. The van der Waals surface area contributed by atoms with Crippen LogP contribution >= 0.6 is 11.3 Å². The molecule has 4 heteroatoms. The SMILES string of the molecule is C=CCN(Cc1cccn1Cc1ccccc1C)C(=O)c1cccs1. The minimum absolute atomic E-state index is 0.0542. The van der Waals surface area contributed by atoms with Crippen LogP contribution in [0.5, 0.6) is 0 Å². The first kappa shape index (κ1) is 17.2. The van der Waals surface area contributed by atoms with Crippen LogP contribution in [0.1, 0.15) is 26.5 Å². The molecule has 0 saturated heterocycles. The molecular weight excluding hydrogens is 328 g/mol. The van der Waals surface area contributed by atoms with Gasteiger partial charge in [0.1, 0.15) is 0 Å². The molecule has 0 fully saturated rings. The Labute approximate surface area is 152 Å². The Morgan fingerprint density at radius 3 is 2.76 bits per heavy atom. The number of carbonyl (C=O) groups excluding carboxylic acids is 1. The Hall–Kier alpha value is -2.59. The summed E-state index contributed by atoms with van der Waals surface area (Å²) in [5.74, 6) is 0.0542. The Balaban J connectivity index is 1.79. The van der Waals surface area contributed by atoms with Crippen molar-refractivity contribution in [2.45, 2.75) is 20.0 Å². The summed E-state index contributed by atoms with van der Waals surface area (Å²) in [7, 11) is 0. The Kier molecular flexibility index (Phi) is 5.51. The minimum Gasteiger partial charge on any atom is -0.345 e. The fraction of sp³-hybridized carbons (Fsp3) is 0.190. The molecule has 0 bridgehead atoms. The monoisotopic (exact) mass is 350 g/mol. The molecular formula is C21H22N2OS. The van der Waals surface area contributed by atoms with Crippen LogP contribution in [0.4, 0.5) is 0 Å². The van der Waals surface area contributed by atoms with Crippen molar-refractivity contribution in [3.63, 3.8) is 0 Å². The van der Waals surface area contributed by atoms with E-state index in [9.17, 15) is 4.79 Å². The van der Waals surface area contributed by atoms with Gasteiger partial charge in [0.15, 0.2) is 0 Å². The zero-order valence-electron chi connectivity index (χ0n) is 14.4. The highest BCUT2D eigenvalue weighted by atomic mass is 32.1. The van der Waals surface area contributed by atoms with Gasteiger partial charge in [-0.1, -0.05) is 36.4 Å². The van der Waals surface area contributed by atoms with E-state index in [0.717, 1.165) is 17.1 Å². The van der Waals surface area contributed by atoms with Crippen LogP contribution in [0.15, 0.2) is 72.8 Å². The first-order valence-electron chi connectivity index (χ1n) is 8.31. The zero-order chi connectivity index (χ0) is 17.6. The third kappa shape index (κ3) is 4.09. The van der Waals surface area contributed by atoms with Gasteiger partial charge in [-0.3, -0.25) is 4.79 Å². The molecule has 0 unspecified atom stereocenters. The molecule has 2 heterocycles. The van der Waals surface area contributed by atoms with Gasteiger partial charge in [0.05, 0.1) is 11.4 Å². The van der Waals surface area contributed by atoms with Gasteiger partial charge in [0, 0.05) is 25.0 Å². The standard InChI is InChI=1S/C21H22N2OS/c1-3-12-23(21(24)20-11-7-14-25-20)16-19-10-6-13-22(19)15-18-9-5-4-8-17(18)2/h3-11,13-14H,1,12,15-16H2,2H3. The highest BCUT2D eigenvalue weighted by molar-refractivity contribution is 7.12. The lowest BCUT2D eigenvalue weighted by molar-refractivity contribution is 0.0764. The van der Waals surface area contributed by atoms with Crippen molar-refractivity contribution in [3.05, 3.63) is 94.5 Å². The summed E-state index contributed by atoms with van der Waals surface area (Å²) in [5, 5.41) is 1.93. The molecule has 25 heavy (non-hydrogen) atoms. The number of carbonyl (C=O) groups is 1. The molecule has 0 aliphatic rings. The number of benzene rings is 1. The lowest BCUT2D eigenvalue weighted by Crippen LogP contribution is -2.31. The van der Waals surface area contributed by atoms with Gasteiger partial charge in [-0.15, -0.1) is 17.9 Å². The van der Waals surface area contributed by atoms with E-state index in [1.807, 2.05) is 28.5 Å². The number of thiophene rings is 1. The fourth-order valence-electron chi connectivity index (χ4n) is 2.85. The fourth-order valence-corrected chi connectivity index (χ4v) is 3.54. The van der Waals surface area contributed by atoms with Crippen molar-refractivity contribution in [1.82, 2.24) is 9.47 Å². The molecule has 1 aromatic carbocycles. The van der Waals surface area contributed by atoms with E-state index in [-0.39, 0.29) is 5.91 Å². The maximum absolute atomic E-state index is 12.7. The van der Waals surface area contributed by atoms with Gasteiger partial charge in [0.2, 0.25) is 0 Å². The second-order valence-electron chi connectivity index (χ2n) is 6.01. The van der Waals surface area contributed by atoms with Crippen LogP contribution in [0.3, 0.4) is 0 Å². The van der Waals surface area contributed by atoms with Crippen LogP contribution in [0.25, 0.3) is 0 Å². The van der Waals surface area contributed by atoms with Crippen LogP contribution in [0, 0.1) is 6.92 Å². The summed E-state index contributed by atoms with van der Waals surface area (Å²) in [4.78, 5) is 15.3. The lowest BCUT2D eigenvalue weighted by atomic mass is 10.1. The summed E-state index contributed by atoms with van der Waals surface area (Å²) in [5.41, 5.74) is 3.69. The average molecular weight is 350 g/mol. The van der Waals surface area contributed by atoms with Crippen molar-refractivity contribution in [1.29, 1.82) is 0 Å². The van der Waals surface area contributed by atoms with E-state index < -0.39 is 0 Å². The number of aryl methyl sites for hydroxylation is 1. The van der Waals surface area contributed by atoms with Crippen LogP contribution in [-0.4, -0.2) is 21.9 Å². The van der Waals surface area contributed by atoms with Crippen molar-refractivity contribution >= 4 is 17.2 Å². The summed E-state index contributed by atoms with van der Waals surface area (Å²) in [6.45, 7) is 7.84. The molecule has 0 N–H and O–H groups in total. The Bertz CT molecular complexity index is 848. The van der Waals surface area contributed by atoms with Crippen LogP contribution in [-0.2, 0) is 13.1 Å². The lowest BCUT2D eigenvalue weighted by Gasteiger charge is -2.22. The third-order valence-corrected chi connectivity index (χ3v) is 5.10. The summed E-state index contributed by atoms with van der Waals surface area (Å²) in [6.07, 6.45) is 3.85. The molecule has 2 aromatic heterocycles. The topological polar surface area (TPSA) is 25.2 Å². The smallest absolute Gasteiger partial charge is 0.264 e. The summed E-state index contributed by atoms with van der Waals surface area (Å²) in [6, 6.07) is 16.3. The second kappa shape index (κ2) is 7.99. The van der Waals surface area contributed by atoms with E-state index in [1.165, 1.54) is 22.5 Å². The molecule has 0 saturated carbocycles. The van der Waals surface area contributed by atoms with E-state index in [4.69, 9.17) is 0 Å². The van der Waals surface area contributed by atoms with E-state index in [2.05, 4.69) is 54.6 Å². The molecule has 3 aromatic rings. The predicted molar refractivity (Wildman–Crippen MR) is 104 cm³/mol. The van der Waals surface area contributed by atoms with Gasteiger partial charge in [-0.25, -0.2) is 0 Å². The minimum atomic E-state index is 0.0542. The first-order valence-corrected chi connectivity index (χ1v) is 9.19. The molecule has 3 nitrogen and oxygen atoms in total. The van der Waals surface area contributed by atoms with Gasteiger partial charge in [-0.2, -0.15) is 0 Å². The van der Waals surface area contributed by atoms with Gasteiger partial charge in [-0.05, 0) is 41.6 Å². The maximum atomic E-state index is 12.7. The van der Waals surface area contributed by atoms with Crippen LogP contribution in [0.2, 0.25) is 0 Å².